The van der Waals surface area contributed by atoms with Gasteiger partial charge in [0.15, 0.2) is 5.69 Å². The molecule has 128 valence electrons. The van der Waals surface area contributed by atoms with E-state index in [2.05, 4.69) is 20.9 Å². The van der Waals surface area contributed by atoms with E-state index in [1.54, 1.807) is 13.3 Å². The van der Waals surface area contributed by atoms with Crippen molar-refractivity contribution in [3.8, 4) is 5.75 Å². The fourth-order valence-corrected chi connectivity index (χ4v) is 3.00. The molecule has 1 fully saturated rings. The maximum absolute atomic E-state index is 12.4. The molecule has 1 unspecified atom stereocenters. The summed E-state index contributed by atoms with van der Waals surface area (Å²) in [5, 5.41) is 14.4. The number of hydrogen-bond donors (Lipinski definition) is 2. The average Bonchev–Trinajstić information content (AvgIpc) is 3.12. The predicted octanol–water partition coefficient (Wildman–Crippen LogP) is 1.70. The van der Waals surface area contributed by atoms with Crippen LogP contribution in [0.25, 0.3) is 0 Å². The van der Waals surface area contributed by atoms with Gasteiger partial charge in [-0.05, 0) is 38.9 Å². The van der Waals surface area contributed by atoms with Crippen LogP contribution in [0.4, 0.5) is 0 Å². The lowest BCUT2D eigenvalue weighted by Crippen LogP contribution is -2.29. The lowest BCUT2D eigenvalue weighted by molar-refractivity contribution is 0.0934. The van der Waals surface area contributed by atoms with E-state index in [0.717, 1.165) is 37.2 Å². The van der Waals surface area contributed by atoms with E-state index in [9.17, 15) is 4.79 Å². The minimum Gasteiger partial charge on any atom is -0.496 e. The Bertz CT molecular complexity index is 694. The van der Waals surface area contributed by atoms with E-state index in [4.69, 9.17) is 4.74 Å². The summed E-state index contributed by atoms with van der Waals surface area (Å²) in [5.41, 5.74) is 1.27. The number of nitrogens with zero attached hydrogens (tertiary/aromatic N) is 3. The molecule has 3 rings (SSSR count). The number of hydrogen-bond acceptors (Lipinski definition) is 5. The third-order valence-electron chi connectivity index (χ3n) is 4.38. The zero-order valence-corrected chi connectivity index (χ0v) is 14.0. The van der Waals surface area contributed by atoms with Gasteiger partial charge in [-0.25, -0.2) is 4.68 Å². The Labute approximate surface area is 141 Å². The first-order chi connectivity index (χ1) is 11.7. The van der Waals surface area contributed by atoms with Crippen LogP contribution >= 0.6 is 0 Å². The molecule has 7 heteroatoms. The summed E-state index contributed by atoms with van der Waals surface area (Å²) in [6.07, 6.45) is 3.74. The zero-order valence-electron chi connectivity index (χ0n) is 14.0. The van der Waals surface area contributed by atoms with Gasteiger partial charge in [0.25, 0.3) is 5.91 Å². The van der Waals surface area contributed by atoms with Crippen LogP contribution in [0.1, 0.15) is 47.9 Å². The molecule has 1 saturated heterocycles. The normalized spacial score (nSPS) is 16.6. The molecule has 1 aromatic heterocycles. The summed E-state index contributed by atoms with van der Waals surface area (Å²) in [4.78, 5) is 12.4. The van der Waals surface area contributed by atoms with E-state index in [1.165, 1.54) is 0 Å². The highest BCUT2D eigenvalue weighted by Crippen LogP contribution is 2.24. The highest BCUT2D eigenvalue weighted by atomic mass is 16.5. The van der Waals surface area contributed by atoms with Crippen molar-refractivity contribution in [1.82, 2.24) is 25.6 Å². The van der Waals surface area contributed by atoms with E-state index in [1.807, 2.05) is 35.9 Å². The van der Waals surface area contributed by atoms with Gasteiger partial charge in [0.05, 0.1) is 25.4 Å². The van der Waals surface area contributed by atoms with Crippen molar-refractivity contribution in [2.75, 3.05) is 20.2 Å². The van der Waals surface area contributed by atoms with Gasteiger partial charge in [0.1, 0.15) is 5.75 Å². The van der Waals surface area contributed by atoms with Crippen molar-refractivity contribution < 1.29 is 9.53 Å². The highest BCUT2D eigenvalue weighted by Gasteiger charge is 2.20. The third kappa shape index (κ3) is 3.56. The van der Waals surface area contributed by atoms with E-state index >= 15 is 0 Å². The molecule has 1 aliphatic heterocycles. The molecule has 24 heavy (non-hydrogen) atoms. The number of benzene rings is 1. The van der Waals surface area contributed by atoms with Gasteiger partial charge in [-0.3, -0.25) is 4.79 Å². The molecule has 1 atom stereocenters. The quantitative estimate of drug-likeness (QED) is 0.873. The largest absolute Gasteiger partial charge is 0.496 e. The number of amides is 1. The number of piperidine rings is 1. The smallest absolute Gasteiger partial charge is 0.273 e. The Morgan fingerprint density at radius 2 is 2.12 bits per heavy atom. The number of carbonyl (C=O) groups is 1. The van der Waals surface area contributed by atoms with Crippen molar-refractivity contribution in [2.45, 2.75) is 31.8 Å². The first-order valence-electron chi connectivity index (χ1n) is 8.25. The minimum atomic E-state index is -0.228. The summed E-state index contributed by atoms with van der Waals surface area (Å²) in [6, 6.07) is 7.78. The molecular weight excluding hydrogens is 306 g/mol. The van der Waals surface area contributed by atoms with Gasteiger partial charge in [-0.1, -0.05) is 23.4 Å². The fourth-order valence-electron chi connectivity index (χ4n) is 3.00. The number of para-hydroxylation sites is 1. The van der Waals surface area contributed by atoms with Gasteiger partial charge < -0.3 is 15.4 Å². The third-order valence-corrected chi connectivity index (χ3v) is 4.38. The Balaban J connectivity index is 1.67. The number of rotatable bonds is 5. The van der Waals surface area contributed by atoms with Crippen molar-refractivity contribution in [3.05, 3.63) is 41.7 Å². The molecule has 1 aliphatic rings. The molecule has 0 spiro atoms. The van der Waals surface area contributed by atoms with Gasteiger partial charge in [0.2, 0.25) is 0 Å². The molecular formula is C17H23N5O2. The fraction of sp³-hybridized carbons (Fsp3) is 0.471. The Morgan fingerprint density at radius 1 is 1.38 bits per heavy atom. The maximum Gasteiger partial charge on any atom is 0.273 e. The second-order valence-corrected chi connectivity index (χ2v) is 6.00. The molecule has 1 aromatic carbocycles. The monoisotopic (exact) mass is 329 g/mol. The van der Waals surface area contributed by atoms with E-state index < -0.39 is 0 Å². The highest BCUT2D eigenvalue weighted by molar-refractivity contribution is 5.92. The van der Waals surface area contributed by atoms with Crippen LogP contribution in [-0.2, 0) is 0 Å². The second-order valence-electron chi connectivity index (χ2n) is 6.00. The Kier molecular flexibility index (Phi) is 5.10. The molecule has 0 aliphatic carbocycles. The SMILES string of the molecule is COc1ccccc1C(C)NC(=O)c1cn(C2CCNCC2)nn1. The summed E-state index contributed by atoms with van der Waals surface area (Å²) in [7, 11) is 1.62. The van der Waals surface area contributed by atoms with Crippen LogP contribution in [-0.4, -0.2) is 41.1 Å². The van der Waals surface area contributed by atoms with E-state index in [-0.39, 0.29) is 11.9 Å². The van der Waals surface area contributed by atoms with Crippen LogP contribution in [0.15, 0.2) is 30.5 Å². The molecule has 2 heterocycles. The molecule has 0 radical (unpaired) electrons. The van der Waals surface area contributed by atoms with Crippen LogP contribution in [0.2, 0.25) is 0 Å². The number of ether oxygens (including phenoxy) is 1. The minimum absolute atomic E-state index is 0.183. The molecule has 2 N–H and O–H groups in total. The molecule has 1 amide bonds. The Morgan fingerprint density at radius 3 is 2.88 bits per heavy atom. The predicted molar refractivity (Wildman–Crippen MR) is 90.0 cm³/mol. The first-order valence-corrected chi connectivity index (χ1v) is 8.25. The molecule has 2 aromatic rings. The summed E-state index contributed by atoms with van der Waals surface area (Å²) in [6.45, 7) is 3.86. The van der Waals surface area contributed by atoms with Crippen molar-refractivity contribution in [1.29, 1.82) is 0 Å². The number of methoxy groups -OCH3 is 1. The van der Waals surface area contributed by atoms with Gasteiger partial charge in [0, 0.05) is 5.56 Å². The molecule has 0 saturated carbocycles. The van der Waals surface area contributed by atoms with E-state index in [0.29, 0.717) is 11.7 Å². The zero-order chi connectivity index (χ0) is 16.9. The number of carbonyl (C=O) groups excluding carboxylic acids is 1. The topological polar surface area (TPSA) is 81.1 Å². The summed E-state index contributed by atoms with van der Waals surface area (Å²) < 4.78 is 7.16. The van der Waals surface area contributed by atoms with Crippen LogP contribution < -0.4 is 15.4 Å². The number of aromatic nitrogens is 3. The average molecular weight is 329 g/mol. The van der Waals surface area contributed by atoms with Crippen LogP contribution in [0.3, 0.4) is 0 Å². The standard InChI is InChI=1S/C17H23N5O2/c1-12(14-5-3-4-6-16(14)24-2)19-17(23)15-11-22(21-20-15)13-7-9-18-10-8-13/h3-6,11-13,18H,7-10H2,1-2H3,(H,19,23). The summed E-state index contributed by atoms with van der Waals surface area (Å²) >= 11 is 0. The lowest BCUT2D eigenvalue weighted by atomic mass is 10.1. The molecule has 7 nitrogen and oxygen atoms in total. The maximum atomic E-state index is 12.4. The van der Waals surface area contributed by atoms with Gasteiger partial charge in [-0.15, -0.1) is 5.10 Å². The van der Waals surface area contributed by atoms with Crippen molar-refractivity contribution in [3.63, 3.8) is 0 Å². The first kappa shape index (κ1) is 16.4. The Hall–Kier alpha value is -2.41. The van der Waals surface area contributed by atoms with Crippen molar-refractivity contribution in [2.24, 2.45) is 0 Å². The van der Waals surface area contributed by atoms with Crippen molar-refractivity contribution >= 4 is 5.91 Å². The number of nitrogens with one attached hydrogen (secondary N) is 2. The summed E-state index contributed by atoms with van der Waals surface area (Å²) in [5.74, 6) is 0.525. The lowest BCUT2D eigenvalue weighted by Gasteiger charge is -2.22. The second kappa shape index (κ2) is 7.44. The van der Waals surface area contributed by atoms with Gasteiger partial charge in [-0.2, -0.15) is 0 Å². The van der Waals surface area contributed by atoms with Gasteiger partial charge >= 0.3 is 0 Å². The molecule has 0 bridgehead atoms. The van der Waals surface area contributed by atoms with Crippen LogP contribution in [0.5, 0.6) is 5.75 Å². The van der Waals surface area contributed by atoms with Crippen LogP contribution in [0, 0.1) is 0 Å².